The smallest absolute Gasteiger partial charge is 0.250 e. The van der Waals surface area contributed by atoms with Gasteiger partial charge in [-0.15, -0.1) is 0 Å². The monoisotopic (exact) mass is 384 g/mol. The first-order valence-corrected chi connectivity index (χ1v) is 8.59. The summed E-state index contributed by atoms with van der Waals surface area (Å²) in [5.74, 6) is 0.911. The molecule has 0 unspecified atom stereocenters. The van der Waals surface area contributed by atoms with Crippen LogP contribution in [0.25, 0.3) is 10.9 Å². The molecule has 0 atom stereocenters. The fourth-order valence-corrected chi connectivity index (χ4v) is 3.33. The summed E-state index contributed by atoms with van der Waals surface area (Å²) in [6.45, 7) is 0. The van der Waals surface area contributed by atoms with E-state index in [1.165, 1.54) is 11.8 Å². The van der Waals surface area contributed by atoms with Crippen LogP contribution in [0.15, 0.2) is 58.5 Å². The normalized spacial score (nSPS) is 11.7. The van der Waals surface area contributed by atoms with Gasteiger partial charge in [0.1, 0.15) is 10.8 Å². The molecule has 2 aromatic carbocycles. The van der Waals surface area contributed by atoms with Crippen LogP contribution >= 0.6 is 46.6 Å². The van der Waals surface area contributed by atoms with E-state index in [1.807, 2.05) is 48.5 Å². The largest absolute Gasteiger partial charge is 0.496 e. The van der Waals surface area contributed by atoms with Crippen molar-refractivity contribution in [3.05, 3.63) is 54.4 Å². The molecule has 0 spiro atoms. The molecule has 7 heteroatoms. The minimum Gasteiger partial charge on any atom is -0.496 e. The summed E-state index contributed by atoms with van der Waals surface area (Å²) >= 11 is 19.3. The molecule has 0 saturated heterocycles. The molecular formula is C16H11Cl3N2OS. The van der Waals surface area contributed by atoms with Crippen molar-refractivity contribution < 1.29 is 4.74 Å². The van der Waals surface area contributed by atoms with Crippen molar-refractivity contribution in [2.24, 2.45) is 0 Å². The zero-order chi connectivity index (χ0) is 16.4. The first-order valence-electron chi connectivity index (χ1n) is 6.64. The molecule has 0 bridgehead atoms. The zero-order valence-corrected chi connectivity index (χ0v) is 15.0. The molecule has 0 radical (unpaired) electrons. The number of hydrogen-bond donors (Lipinski definition) is 0. The fourth-order valence-electron chi connectivity index (χ4n) is 2.06. The Balaban J connectivity index is 2.15. The lowest BCUT2D eigenvalue weighted by atomic mass is 10.2. The van der Waals surface area contributed by atoms with Crippen LogP contribution in [-0.4, -0.2) is 17.1 Å². The van der Waals surface area contributed by atoms with Gasteiger partial charge >= 0.3 is 0 Å². The van der Waals surface area contributed by atoms with E-state index in [1.54, 1.807) is 7.11 Å². The predicted molar refractivity (Wildman–Crippen MR) is 95.9 cm³/mol. The second-order valence-corrected chi connectivity index (χ2v) is 7.93. The maximum absolute atomic E-state index is 5.96. The molecule has 3 aromatic rings. The van der Waals surface area contributed by atoms with E-state index in [4.69, 9.17) is 39.5 Å². The highest BCUT2D eigenvalue weighted by Crippen LogP contribution is 2.41. The Morgan fingerprint density at radius 1 is 0.957 bits per heavy atom. The Morgan fingerprint density at radius 3 is 2.39 bits per heavy atom. The van der Waals surface area contributed by atoms with E-state index in [2.05, 4.69) is 9.97 Å². The molecule has 118 valence electrons. The molecule has 0 amide bonds. The Bertz CT molecular complexity index is 852. The Morgan fingerprint density at radius 2 is 1.65 bits per heavy atom. The molecule has 0 aliphatic heterocycles. The van der Waals surface area contributed by atoms with Gasteiger partial charge < -0.3 is 4.74 Å². The maximum Gasteiger partial charge on any atom is 0.250 e. The number of rotatable bonds is 3. The average molecular weight is 386 g/mol. The number of ether oxygens (including phenoxy) is 1. The van der Waals surface area contributed by atoms with Gasteiger partial charge in [-0.05, 0) is 18.2 Å². The van der Waals surface area contributed by atoms with E-state index in [0.29, 0.717) is 5.03 Å². The van der Waals surface area contributed by atoms with Crippen molar-refractivity contribution in [2.45, 2.75) is 13.7 Å². The third kappa shape index (κ3) is 3.66. The van der Waals surface area contributed by atoms with E-state index in [-0.39, 0.29) is 5.82 Å². The molecule has 0 aliphatic rings. The second-order valence-electron chi connectivity index (χ2n) is 4.62. The van der Waals surface area contributed by atoms with Gasteiger partial charge in [0.25, 0.3) is 0 Å². The highest BCUT2D eigenvalue weighted by molar-refractivity contribution is 7.99. The van der Waals surface area contributed by atoms with E-state index < -0.39 is 3.79 Å². The molecule has 1 heterocycles. The van der Waals surface area contributed by atoms with Crippen LogP contribution < -0.4 is 4.74 Å². The van der Waals surface area contributed by atoms with Crippen molar-refractivity contribution in [2.75, 3.05) is 7.11 Å². The minimum atomic E-state index is -1.68. The number of para-hydroxylation sites is 2. The summed E-state index contributed by atoms with van der Waals surface area (Å²) in [5.41, 5.74) is 0.723. The second kappa shape index (κ2) is 6.73. The van der Waals surface area contributed by atoms with Gasteiger partial charge in [0.15, 0.2) is 5.82 Å². The number of halogens is 3. The van der Waals surface area contributed by atoms with Crippen LogP contribution in [-0.2, 0) is 3.79 Å². The van der Waals surface area contributed by atoms with Gasteiger partial charge in [-0.1, -0.05) is 76.9 Å². The molecule has 0 aliphatic carbocycles. The van der Waals surface area contributed by atoms with Crippen LogP contribution in [0.5, 0.6) is 5.75 Å². The van der Waals surface area contributed by atoms with Crippen LogP contribution in [0.1, 0.15) is 5.82 Å². The zero-order valence-electron chi connectivity index (χ0n) is 12.0. The first-order chi connectivity index (χ1) is 11.0. The predicted octanol–water partition coefficient (Wildman–Crippen LogP) is 5.62. The Kier molecular flexibility index (Phi) is 4.87. The molecule has 3 rings (SSSR count). The molecule has 23 heavy (non-hydrogen) atoms. The highest BCUT2D eigenvalue weighted by Gasteiger charge is 2.28. The van der Waals surface area contributed by atoms with Gasteiger partial charge in [0, 0.05) is 5.39 Å². The first kappa shape index (κ1) is 16.7. The third-order valence-corrected chi connectivity index (χ3v) is 4.67. The van der Waals surface area contributed by atoms with Crippen LogP contribution in [0, 0.1) is 0 Å². The van der Waals surface area contributed by atoms with Gasteiger partial charge in [-0.25, -0.2) is 9.97 Å². The molecule has 0 N–H and O–H groups in total. The highest BCUT2D eigenvalue weighted by atomic mass is 35.6. The number of hydrogen-bond acceptors (Lipinski definition) is 4. The Labute approximate surface area is 152 Å². The lowest BCUT2D eigenvalue weighted by Gasteiger charge is -2.14. The van der Waals surface area contributed by atoms with Crippen molar-refractivity contribution >= 4 is 57.5 Å². The summed E-state index contributed by atoms with van der Waals surface area (Å²) in [5, 5.41) is 1.60. The van der Waals surface area contributed by atoms with Crippen molar-refractivity contribution in [3.8, 4) is 5.75 Å². The number of benzene rings is 2. The topological polar surface area (TPSA) is 35.0 Å². The van der Waals surface area contributed by atoms with Gasteiger partial charge in [0.05, 0.1) is 17.5 Å². The number of alkyl halides is 3. The molecule has 1 aromatic heterocycles. The number of methoxy groups -OCH3 is 1. The molecule has 3 nitrogen and oxygen atoms in total. The van der Waals surface area contributed by atoms with Crippen molar-refractivity contribution in [1.82, 2.24) is 9.97 Å². The van der Waals surface area contributed by atoms with E-state index in [9.17, 15) is 0 Å². The molecule has 0 fully saturated rings. The van der Waals surface area contributed by atoms with Crippen LogP contribution in [0.3, 0.4) is 0 Å². The third-order valence-electron chi connectivity index (χ3n) is 3.10. The van der Waals surface area contributed by atoms with E-state index >= 15 is 0 Å². The fraction of sp³-hybridized carbons (Fsp3) is 0.125. The number of aromatic nitrogens is 2. The summed E-state index contributed by atoms with van der Waals surface area (Å²) < 4.78 is 3.70. The van der Waals surface area contributed by atoms with Crippen molar-refractivity contribution in [1.29, 1.82) is 0 Å². The Hall–Kier alpha value is -1.20. The van der Waals surface area contributed by atoms with Crippen LogP contribution in [0.4, 0.5) is 0 Å². The van der Waals surface area contributed by atoms with Gasteiger partial charge in [-0.2, -0.15) is 0 Å². The summed E-state index contributed by atoms with van der Waals surface area (Å²) in [4.78, 5) is 9.71. The van der Waals surface area contributed by atoms with Crippen LogP contribution in [0.2, 0.25) is 0 Å². The summed E-state index contributed by atoms with van der Waals surface area (Å²) in [6, 6.07) is 15.3. The van der Waals surface area contributed by atoms with Gasteiger partial charge in [-0.3, -0.25) is 0 Å². The average Bonchev–Trinajstić information content (AvgIpc) is 2.54. The number of nitrogens with zero attached hydrogens (tertiary/aromatic N) is 2. The summed E-state index contributed by atoms with van der Waals surface area (Å²) in [7, 11) is 1.63. The SMILES string of the molecule is COc1ccccc1Sc1nc(C(Cl)(Cl)Cl)nc2ccccc12. The maximum atomic E-state index is 5.96. The van der Waals surface area contributed by atoms with Crippen molar-refractivity contribution in [3.63, 3.8) is 0 Å². The van der Waals surface area contributed by atoms with E-state index in [0.717, 1.165) is 21.5 Å². The lowest BCUT2D eigenvalue weighted by Crippen LogP contribution is -2.08. The minimum absolute atomic E-state index is 0.151. The molecule has 0 saturated carbocycles. The standard InChI is InChI=1S/C16H11Cl3N2OS/c1-22-12-8-4-5-9-13(12)23-14-10-6-2-3-7-11(10)20-15(21-14)16(17,18)19/h2-9H,1H3. The lowest BCUT2D eigenvalue weighted by molar-refractivity contribution is 0.405. The number of fused-ring (bicyclic) bond motifs is 1. The summed E-state index contributed by atoms with van der Waals surface area (Å²) in [6.07, 6.45) is 0. The molecular weight excluding hydrogens is 375 g/mol. The van der Waals surface area contributed by atoms with Gasteiger partial charge in [0.2, 0.25) is 3.79 Å². The quantitative estimate of drug-likeness (QED) is 0.433.